The Kier molecular flexibility index (Phi) is 4.64. The van der Waals surface area contributed by atoms with Gasteiger partial charge in [0.15, 0.2) is 0 Å². The van der Waals surface area contributed by atoms with Crippen LogP contribution < -0.4 is 11.1 Å². The molecule has 4 heteroatoms. The van der Waals surface area contributed by atoms with E-state index < -0.39 is 6.04 Å². The summed E-state index contributed by atoms with van der Waals surface area (Å²) in [6.07, 6.45) is 0. The zero-order valence-corrected chi connectivity index (χ0v) is 9.94. The number of nitrogens with two attached hydrogens (primary N) is 1. The largest absolute Gasteiger partial charge is 0.350 e. The van der Waals surface area contributed by atoms with Crippen molar-refractivity contribution in [1.82, 2.24) is 5.32 Å². The van der Waals surface area contributed by atoms with Gasteiger partial charge in [0.1, 0.15) is 0 Å². The van der Waals surface area contributed by atoms with Crippen molar-refractivity contribution in [3.05, 3.63) is 11.1 Å². The molecule has 13 heavy (non-hydrogen) atoms. The van der Waals surface area contributed by atoms with Crippen LogP contribution in [0.25, 0.3) is 0 Å². The summed E-state index contributed by atoms with van der Waals surface area (Å²) in [5.74, 6) is -0.145. The van der Waals surface area contributed by atoms with Crippen molar-refractivity contribution < 1.29 is 4.79 Å². The smallest absolute Gasteiger partial charge is 0.237 e. The fraction of sp³-hybridized carbons (Fsp3) is 0.667. The van der Waals surface area contributed by atoms with E-state index in [9.17, 15) is 4.79 Å². The van der Waals surface area contributed by atoms with Gasteiger partial charge in [-0.3, -0.25) is 4.79 Å². The average Bonchev–Trinajstić information content (AvgIpc) is 1.96. The van der Waals surface area contributed by atoms with Gasteiger partial charge >= 0.3 is 0 Å². The molecule has 0 aromatic carbocycles. The van der Waals surface area contributed by atoms with E-state index in [-0.39, 0.29) is 11.3 Å². The SMILES string of the molecule is C=C(Br)CNC(=O)[C@@H](N)C(C)(C)C. The molecule has 0 rings (SSSR count). The van der Waals surface area contributed by atoms with Crippen molar-refractivity contribution in [2.45, 2.75) is 26.8 Å². The normalized spacial score (nSPS) is 13.6. The third kappa shape index (κ3) is 5.05. The highest BCUT2D eigenvalue weighted by atomic mass is 79.9. The van der Waals surface area contributed by atoms with E-state index in [4.69, 9.17) is 5.73 Å². The summed E-state index contributed by atoms with van der Waals surface area (Å²) >= 11 is 3.15. The van der Waals surface area contributed by atoms with Crippen molar-refractivity contribution in [3.63, 3.8) is 0 Å². The van der Waals surface area contributed by atoms with Gasteiger partial charge in [-0.25, -0.2) is 0 Å². The Hall–Kier alpha value is -0.350. The molecular weight excluding hydrogens is 232 g/mol. The van der Waals surface area contributed by atoms with E-state index in [1.165, 1.54) is 0 Å². The molecule has 0 aliphatic rings. The van der Waals surface area contributed by atoms with Crippen molar-refractivity contribution >= 4 is 21.8 Å². The van der Waals surface area contributed by atoms with E-state index in [1.807, 2.05) is 20.8 Å². The molecule has 0 spiro atoms. The summed E-state index contributed by atoms with van der Waals surface area (Å²) in [6, 6.07) is -0.487. The molecule has 1 amide bonds. The van der Waals surface area contributed by atoms with Gasteiger partial charge in [0.05, 0.1) is 6.04 Å². The number of nitrogens with one attached hydrogen (secondary N) is 1. The summed E-state index contributed by atoms with van der Waals surface area (Å²) in [7, 11) is 0. The lowest BCUT2D eigenvalue weighted by molar-refractivity contribution is -0.124. The molecule has 0 aliphatic heterocycles. The third-order valence-electron chi connectivity index (χ3n) is 1.67. The summed E-state index contributed by atoms with van der Waals surface area (Å²) in [6.45, 7) is 9.82. The predicted octanol–water partition coefficient (Wildman–Crippen LogP) is 1.38. The Morgan fingerprint density at radius 3 is 2.38 bits per heavy atom. The van der Waals surface area contributed by atoms with E-state index in [1.54, 1.807) is 0 Å². The van der Waals surface area contributed by atoms with Crippen molar-refractivity contribution in [2.75, 3.05) is 6.54 Å². The van der Waals surface area contributed by atoms with Crippen LogP contribution in [0, 0.1) is 5.41 Å². The number of carbonyl (C=O) groups excluding carboxylic acids is 1. The number of hydrogen-bond donors (Lipinski definition) is 2. The molecule has 0 bridgehead atoms. The molecule has 0 heterocycles. The summed E-state index contributed by atoms with van der Waals surface area (Å²) in [5, 5.41) is 2.68. The van der Waals surface area contributed by atoms with E-state index >= 15 is 0 Å². The van der Waals surface area contributed by atoms with E-state index in [0.29, 0.717) is 6.54 Å². The Labute approximate surface area is 87.9 Å². The molecule has 3 nitrogen and oxygen atoms in total. The van der Waals surface area contributed by atoms with Crippen LogP contribution in [0.5, 0.6) is 0 Å². The molecule has 0 radical (unpaired) electrons. The minimum Gasteiger partial charge on any atom is -0.350 e. The van der Waals surface area contributed by atoms with Gasteiger partial charge < -0.3 is 11.1 Å². The molecule has 0 aromatic heterocycles. The van der Waals surface area contributed by atoms with Gasteiger partial charge in [-0.05, 0) is 5.41 Å². The zero-order valence-electron chi connectivity index (χ0n) is 8.36. The first-order chi connectivity index (χ1) is 5.75. The van der Waals surface area contributed by atoms with E-state index in [2.05, 4.69) is 27.8 Å². The Morgan fingerprint density at radius 2 is 2.08 bits per heavy atom. The van der Waals surface area contributed by atoms with Crippen LogP contribution in [0.1, 0.15) is 20.8 Å². The quantitative estimate of drug-likeness (QED) is 0.794. The maximum absolute atomic E-state index is 11.4. The van der Waals surface area contributed by atoms with Crippen LogP contribution in [0.2, 0.25) is 0 Å². The molecule has 0 saturated carbocycles. The van der Waals surface area contributed by atoms with Gasteiger partial charge in [0.25, 0.3) is 0 Å². The second-order valence-electron chi connectivity index (χ2n) is 4.08. The topological polar surface area (TPSA) is 55.1 Å². The number of carbonyl (C=O) groups is 1. The lowest BCUT2D eigenvalue weighted by Crippen LogP contribution is -2.48. The first-order valence-electron chi connectivity index (χ1n) is 4.11. The second-order valence-corrected chi connectivity index (χ2v) is 5.20. The Morgan fingerprint density at radius 1 is 1.62 bits per heavy atom. The first-order valence-corrected chi connectivity index (χ1v) is 4.91. The second kappa shape index (κ2) is 4.77. The van der Waals surface area contributed by atoms with Crippen LogP contribution in [0.3, 0.4) is 0 Å². The lowest BCUT2D eigenvalue weighted by Gasteiger charge is -2.25. The fourth-order valence-electron chi connectivity index (χ4n) is 0.686. The van der Waals surface area contributed by atoms with Crippen molar-refractivity contribution in [3.8, 4) is 0 Å². The van der Waals surface area contributed by atoms with Crippen LogP contribution >= 0.6 is 15.9 Å². The van der Waals surface area contributed by atoms with Gasteiger partial charge in [-0.2, -0.15) is 0 Å². The van der Waals surface area contributed by atoms with Gasteiger partial charge in [0, 0.05) is 11.0 Å². The van der Waals surface area contributed by atoms with Crippen LogP contribution in [-0.2, 0) is 4.79 Å². The van der Waals surface area contributed by atoms with Gasteiger partial charge in [-0.1, -0.05) is 43.3 Å². The molecule has 0 unspecified atom stereocenters. The molecule has 76 valence electrons. The monoisotopic (exact) mass is 248 g/mol. The van der Waals surface area contributed by atoms with E-state index in [0.717, 1.165) is 4.48 Å². The highest BCUT2D eigenvalue weighted by Gasteiger charge is 2.26. The minimum atomic E-state index is -0.487. The van der Waals surface area contributed by atoms with Gasteiger partial charge in [-0.15, -0.1) is 0 Å². The number of amides is 1. The maximum atomic E-state index is 11.4. The lowest BCUT2D eigenvalue weighted by atomic mass is 9.87. The first kappa shape index (κ1) is 12.7. The van der Waals surface area contributed by atoms with Crippen LogP contribution in [0.4, 0.5) is 0 Å². The van der Waals surface area contributed by atoms with Gasteiger partial charge in [0.2, 0.25) is 5.91 Å². The highest BCUT2D eigenvalue weighted by molar-refractivity contribution is 9.11. The maximum Gasteiger partial charge on any atom is 0.237 e. The third-order valence-corrected chi connectivity index (χ3v) is 1.95. The average molecular weight is 249 g/mol. The fourth-order valence-corrected chi connectivity index (χ4v) is 0.826. The molecular formula is C9H17BrN2O. The zero-order chi connectivity index (χ0) is 10.6. The van der Waals surface area contributed by atoms with Crippen molar-refractivity contribution in [2.24, 2.45) is 11.1 Å². The number of hydrogen-bond acceptors (Lipinski definition) is 2. The summed E-state index contributed by atoms with van der Waals surface area (Å²) in [4.78, 5) is 11.4. The standard InChI is InChI=1S/C9H17BrN2O/c1-6(10)5-12-8(13)7(11)9(2,3)4/h7H,1,5,11H2,2-4H3,(H,12,13)/t7-/m1/s1. The number of rotatable bonds is 3. The molecule has 1 atom stereocenters. The Balaban J connectivity index is 4.05. The minimum absolute atomic E-state index is 0.145. The Bertz CT molecular complexity index is 208. The van der Waals surface area contributed by atoms with Crippen LogP contribution in [-0.4, -0.2) is 18.5 Å². The molecule has 0 fully saturated rings. The molecule has 0 saturated heterocycles. The summed E-state index contributed by atoms with van der Waals surface area (Å²) < 4.78 is 0.738. The van der Waals surface area contributed by atoms with Crippen LogP contribution in [0.15, 0.2) is 11.1 Å². The molecule has 0 aromatic rings. The summed E-state index contributed by atoms with van der Waals surface area (Å²) in [5.41, 5.74) is 5.51. The predicted molar refractivity (Wildman–Crippen MR) is 58.5 cm³/mol. The molecule has 0 aliphatic carbocycles. The van der Waals surface area contributed by atoms with Crippen molar-refractivity contribution in [1.29, 1.82) is 0 Å². The highest BCUT2D eigenvalue weighted by Crippen LogP contribution is 2.17. The number of halogens is 1. The molecule has 3 N–H and O–H groups in total.